The van der Waals surface area contributed by atoms with Crippen molar-refractivity contribution in [1.29, 1.82) is 0 Å². The van der Waals surface area contributed by atoms with Gasteiger partial charge >= 0.3 is 5.63 Å². The van der Waals surface area contributed by atoms with Crippen molar-refractivity contribution in [3.8, 4) is 5.75 Å². The van der Waals surface area contributed by atoms with Gasteiger partial charge in [-0.1, -0.05) is 47.7 Å². The summed E-state index contributed by atoms with van der Waals surface area (Å²) < 4.78 is 10.9. The van der Waals surface area contributed by atoms with Crippen molar-refractivity contribution < 1.29 is 44.4 Å². The third-order valence-corrected chi connectivity index (χ3v) is 6.54. The molecule has 11 nitrogen and oxygen atoms in total. The zero-order valence-corrected chi connectivity index (χ0v) is 20.4. The number of nitrogens with zero attached hydrogens (tertiary/aromatic N) is 1. The minimum atomic E-state index is -1.64. The van der Waals surface area contributed by atoms with Gasteiger partial charge in [0.15, 0.2) is 0 Å². The van der Waals surface area contributed by atoms with Crippen LogP contribution in [-0.2, 0) is 14.4 Å². The molecule has 1 fully saturated rings. The van der Waals surface area contributed by atoms with Crippen LogP contribution in [0.3, 0.4) is 0 Å². The van der Waals surface area contributed by atoms with Gasteiger partial charge in [0.05, 0.1) is 30.7 Å². The van der Waals surface area contributed by atoms with Crippen molar-refractivity contribution >= 4 is 11.0 Å². The van der Waals surface area contributed by atoms with E-state index in [4.69, 9.17) is 18.8 Å². The van der Waals surface area contributed by atoms with Crippen LogP contribution >= 0.6 is 0 Å². The van der Waals surface area contributed by atoms with Gasteiger partial charge in [-0.3, -0.25) is 4.84 Å². The third kappa shape index (κ3) is 5.54. The fourth-order valence-corrected chi connectivity index (χ4v) is 4.57. The molecule has 0 aliphatic carbocycles. The predicted octanol–water partition coefficient (Wildman–Crippen LogP) is 1.00. The Labute approximate surface area is 212 Å². The van der Waals surface area contributed by atoms with Crippen LogP contribution in [0.5, 0.6) is 5.75 Å². The summed E-state index contributed by atoms with van der Waals surface area (Å²) in [5.41, 5.74) is 0.380. The Bertz CT molecular complexity index is 1230. The Hall–Kier alpha value is -2.87. The molecule has 7 atom stereocenters. The molecule has 3 aromatic rings. The van der Waals surface area contributed by atoms with E-state index in [0.29, 0.717) is 5.39 Å². The lowest BCUT2D eigenvalue weighted by Gasteiger charge is -2.41. The molecule has 4 rings (SSSR count). The molecule has 0 bridgehead atoms. The first-order valence-corrected chi connectivity index (χ1v) is 11.9. The van der Waals surface area contributed by atoms with Crippen LogP contribution < -0.4 is 5.63 Å². The first-order chi connectivity index (χ1) is 17.8. The van der Waals surface area contributed by atoms with Crippen molar-refractivity contribution in [3.63, 3.8) is 0 Å². The smallest absolute Gasteiger partial charge is 0.343 e. The van der Waals surface area contributed by atoms with Crippen molar-refractivity contribution in [1.82, 2.24) is 5.23 Å². The summed E-state index contributed by atoms with van der Waals surface area (Å²) in [6, 6.07) is 15.2. The zero-order valence-electron chi connectivity index (χ0n) is 20.4. The SMILES string of the molecule is CON(OC1O[C@@H](CO)[C@H](O)[C@@H](O)[C@@H]1O)C(C)CC(c1ccccc1)c1c(O)c2ccccc2oc1=O. The van der Waals surface area contributed by atoms with Crippen LogP contribution in [-0.4, -0.2) is 81.2 Å². The maximum atomic E-state index is 13.1. The molecule has 0 spiro atoms. The van der Waals surface area contributed by atoms with E-state index in [2.05, 4.69) is 0 Å². The number of hydroxylamine groups is 2. The number of hydrogen-bond acceptors (Lipinski definition) is 11. The maximum Gasteiger partial charge on any atom is 0.343 e. The summed E-state index contributed by atoms with van der Waals surface area (Å²) in [5.74, 6) is -0.833. The number of benzene rings is 2. The fourth-order valence-electron chi connectivity index (χ4n) is 4.57. The zero-order chi connectivity index (χ0) is 26.7. The molecule has 1 saturated heterocycles. The Morgan fingerprint density at radius 1 is 1.00 bits per heavy atom. The summed E-state index contributed by atoms with van der Waals surface area (Å²) in [6.45, 7) is 1.11. The van der Waals surface area contributed by atoms with E-state index in [9.17, 15) is 30.3 Å². The van der Waals surface area contributed by atoms with E-state index in [0.717, 1.165) is 10.8 Å². The molecule has 0 radical (unpaired) electrons. The second kappa shape index (κ2) is 11.7. The third-order valence-electron chi connectivity index (χ3n) is 6.54. The average Bonchev–Trinajstić information content (AvgIpc) is 2.91. The lowest BCUT2D eigenvalue weighted by molar-refractivity contribution is -0.453. The number of fused-ring (bicyclic) bond motifs is 1. The van der Waals surface area contributed by atoms with E-state index in [1.165, 1.54) is 7.11 Å². The summed E-state index contributed by atoms with van der Waals surface area (Å²) in [7, 11) is 1.32. The fraction of sp³-hybridized carbons (Fsp3) is 0.423. The molecular formula is C26H31NO10. The molecule has 1 aromatic heterocycles. The Morgan fingerprint density at radius 3 is 2.35 bits per heavy atom. The van der Waals surface area contributed by atoms with Gasteiger partial charge in [0, 0.05) is 5.92 Å². The minimum Gasteiger partial charge on any atom is -0.507 e. The van der Waals surface area contributed by atoms with Crippen LogP contribution in [0.1, 0.15) is 30.4 Å². The largest absolute Gasteiger partial charge is 0.507 e. The van der Waals surface area contributed by atoms with E-state index in [-0.39, 0.29) is 23.3 Å². The van der Waals surface area contributed by atoms with Crippen LogP contribution in [0, 0.1) is 0 Å². The monoisotopic (exact) mass is 517 g/mol. The highest BCUT2D eigenvalue weighted by molar-refractivity contribution is 5.84. The molecule has 2 aromatic carbocycles. The molecule has 11 heteroatoms. The van der Waals surface area contributed by atoms with Crippen LogP contribution in [0.25, 0.3) is 11.0 Å². The van der Waals surface area contributed by atoms with Gasteiger partial charge in [-0.2, -0.15) is 0 Å². The standard InChI is InChI=1S/C26H31NO10/c1-14(27(34-2)37-26-24(32)23(31)22(30)19(13-28)36-26)12-17(15-8-4-3-5-9-15)20-21(29)16-10-6-7-11-18(16)35-25(20)33/h3-11,14,17,19,22-24,26,28-32H,12-13H2,1-2H3/t14?,17?,19-,22-,23+,24-,26?/m0/s1. The number of aliphatic hydroxyl groups is 4. The van der Waals surface area contributed by atoms with Gasteiger partial charge in [0.1, 0.15) is 35.7 Å². The number of aliphatic hydroxyl groups excluding tert-OH is 4. The molecule has 37 heavy (non-hydrogen) atoms. The van der Waals surface area contributed by atoms with Crippen molar-refractivity contribution in [2.24, 2.45) is 0 Å². The van der Waals surface area contributed by atoms with Gasteiger partial charge in [-0.15, -0.1) is 0 Å². The van der Waals surface area contributed by atoms with E-state index < -0.39 is 54.9 Å². The van der Waals surface area contributed by atoms with Gasteiger partial charge in [0.2, 0.25) is 6.29 Å². The number of aromatic hydroxyl groups is 1. The first kappa shape index (κ1) is 27.2. The molecule has 1 aliphatic rings. The maximum absolute atomic E-state index is 13.1. The normalized spacial score (nSPS) is 25.9. The second-order valence-corrected chi connectivity index (χ2v) is 8.97. The van der Waals surface area contributed by atoms with Gasteiger partial charge in [0.25, 0.3) is 0 Å². The highest BCUT2D eigenvalue weighted by Gasteiger charge is 2.45. The molecule has 200 valence electrons. The Kier molecular flexibility index (Phi) is 8.57. The minimum absolute atomic E-state index is 0.0700. The second-order valence-electron chi connectivity index (χ2n) is 8.97. The molecule has 0 saturated carbocycles. The summed E-state index contributed by atoms with van der Waals surface area (Å²) in [6.07, 6.45) is -7.23. The highest BCUT2D eigenvalue weighted by atomic mass is 17.0. The molecule has 1 aliphatic heterocycles. The van der Waals surface area contributed by atoms with Gasteiger partial charge in [-0.25, -0.2) is 9.63 Å². The van der Waals surface area contributed by atoms with E-state index in [1.54, 1.807) is 31.2 Å². The summed E-state index contributed by atoms with van der Waals surface area (Å²) >= 11 is 0. The average molecular weight is 518 g/mol. The molecular weight excluding hydrogens is 486 g/mol. The Morgan fingerprint density at radius 2 is 1.68 bits per heavy atom. The quantitative estimate of drug-likeness (QED) is 0.203. The predicted molar refractivity (Wildman–Crippen MR) is 130 cm³/mol. The molecule has 5 N–H and O–H groups in total. The first-order valence-electron chi connectivity index (χ1n) is 11.9. The molecule has 2 heterocycles. The van der Waals surface area contributed by atoms with Gasteiger partial charge in [-0.05, 0) is 31.0 Å². The van der Waals surface area contributed by atoms with E-state index >= 15 is 0 Å². The van der Waals surface area contributed by atoms with E-state index in [1.807, 2.05) is 30.3 Å². The topological polar surface area (TPSA) is 162 Å². The summed E-state index contributed by atoms with van der Waals surface area (Å²) in [4.78, 5) is 24.1. The lowest BCUT2D eigenvalue weighted by atomic mass is 9.86. The number of hydrogen-bond donors (Lipinski definition) is 5. The number of ether oxygens (including phenoxy) is 1. The molecule has 0 amide bonds. The lowest BCUT2D eigenvalue weighted by Crippen LogP contribution is -2.60. The number of rotatable bonds is 9. The Balaban J connectivity index is 1.64. The molecule has 3 unspecified atom stereocenters. The van der Waals surface area contributed by atoms with Crippen molar-refractivity contribution in [2.45, 2.75) is 56.0 Å². The van der Waals surface area contributed by atoms with Crippen molar-refractivity contribution in [3.05, 3.63) is 76.1 Å². The highest BCUT2D eigenvalue weighted by Crippen LogP contribution is 2.37. The van der Waals surface area contributed by atoms with Crippen LogP contribution in [0.4, 0.5) is 0 Å². The van der Waals surface area contributed by atoms with Gasteiger partial charge < -0.3 is 34.7 Å². The van der Waals surface area contributed by atoms with Crippen LogP contribution in [0.2, 0.25) is 0 Å². The van der Waals surface area contributed by atoms with Crippen molar-refractivity contribution in [2.75, 3.05) is 13.7 Å². The van der Waals surface area contributed by atoms with Crippen LogP contribution in [0.15, 0.2) is 63.8 Å². The summed E-state index contributed by atoms with van der Waals surface area (Å²) in [5, 5.41) is 52.4. The number of para-hydroxylation sites is 1.